The summed E-state index contributed by atoms with van der Waals surface area (Å²) in [6, 6.07) is 11.1. The molecule has 7 heteroatoms. The van der Waals surface area contributed by atoms with Crippen LogP contribution in [0.25, 0.3) is 11.1 Å². The first kappa shape index (κ1) is 22.5. The van der Waals surface area contributed by atoms with Crippen molar-refractivity contribution in [1.82, 2.24) is 9.55 Å². The third-order valence-electron chi connectivity index (χ3n) is 4.59. The number of nitrogens with zero attached hydrogens (tertiary/aromatic N) is 2. The fraction of sp³-hybridized carbons (Fsp3) is 0.292. The molecular weight excluding hydrogens is 399 g/mol. The Balaban J connectivity index is 1.76. The first-order valence-corrected chi connectivity index (χ1v) is 9.93. The van der Waals surface area contributed by atoms with Crippen LogP contribution in [0.4, 0.5) is 4.39 Å². The summed E-state index contributed by atoms with van der Waals surface area (Å²) in [7, 11) is 0. The fourth-order valence-corrected chi connectivity index (χ4v) is 3.05. The molecule has 0 aliphatic heterocycles. The van der Waals surface area contributed by atoms with E-state index in [1.807, 2.05) is 0 Å². The highest BCUT2D eigenvalue weighted by molar-refractivity contribution is 5.66. The number of aromatic nitrogens is 2. The number of imidazole rings is 1. The lowest BCUT2D eigenvalue weighted by Gasteiger charge is -2.14. The summed E-state index contributed by atoms with van der Waals surface area (Å²) in [6.07, 6.45) is 1.81. The van der Waals surface area contributed by atoms with Crippen molar-refractivity contribution in [2.75, 3.05) is 13.2 Å². The standard InChI is InChI=1S/C24H25FN2O4/c1-16(29)15-31-21-9-10-22(23(25)13-21)19-6-3-18(4-7-19)5-8-20(14-28)27-12-11-26-24(27)17(2)30/h3-4,6-7,9-13,16-17,20,28-30H,14-15H2,1-2H3/t16-,17-,20-/m0/s1. The molecule has 3 atom stereocenters. The first-order chi connectivity index (χ1) is 14.9. The number of aliphatic hydroxyl groups excluding tert-OH is 3. The average Bonchev–Trinajstić information content (AvgIpc) is 3.23. The minimum Gasteiger partial charge on any atom is -0.491 e. The van der Waals surface area contributed by atoms with Crippen molar-refractivity contribution >= 4 is 0 Å². The zero-order chi connectivity index (χ0) is 22.4. The Hall–Kier alpha value is -3.18. The summed E-state index contributed by atoms with van der Waals surface area (Å²) in [5.74, 6) is 6.35. The summed E-state index contributed by atoms with van der Waals surface area (Å²) in [5.41, 5.74) is 1.82. The van der Waals surface area contributed by atoms with Gasteiger partial charge < -0.3 is 24.6 Å². The molecule has 0 fully saturated rings. The molecule has 0 spiro atoms. The van der Waals surface area contributed by atoms with Gasteiger partial charge in [-0.2, -0.15) is 0 Å². The summed E-state index contributed by atoms with van der Waals surface area (Å²) in [5, 5.41) is 28.8. The third kappa shape index (κ3) is 5.70. The number of halogens is 1. The molecule has 3 N–H and O–H groups in total. The highest BCUT2D eigenvalue weighted by Gasteiger charge is 2.15. The van der Waals surface area contributed by atoms with Gasteiger partial charge >= 0.3 is 0 Å². The Kier molecular flexibility index (Phi) is 7.42. The minimum absolute atomic E-state index is 0.0960. The van der Waals surface area contributed by atoms with Crippen LogP contribution in [0.15, 0.2) is 54.9 Å². The van der Waals surface area contributed by atoms with Crippen molar-refractivity contribution in [3.8, 4) is 28.7 Å². The molecule has 6 nitrogen and oxygen atoms in total. The van der Waals surface area contributed by atoms with Crippen molar-refractivity contribution in [3.05, 3.63) is 72.1 Å². The second kappa shape index (κ2) is 10.2. The van der Waals surface area contributed by atoms with Gasteiger partial charge in [-0.1, -0.05) is 24.0 Å². The van der Waals surface area contributed by atoms with Gasteiger partial charge in [-0.3, -0.25) is 0 Å². The number of rotatable bonds is 7. The zero-order valence-electron chi connectivity index (χ0n) is 17.4. The van der Waals surface area contributed by atoms with Gasteiger partial charge in [0.15, 0.2) is 0 Å². The Morgan fingerprint density at radius 1 is 1.13 bits per heavy atom. The molecule has 3 aromatic rings. The molecule has 0 unspecified atom stereocenters. The summed E-state index contributed by atoms with van der Waals surface area (Å²) in [4.78, 5) is 4.10. The molecule has 0 aliphatic rings. The van der Waals surface area contributed by atoms with Crippen LogP contribution in [0.1, 0.15) is 37.4 Å². The van der Waals surface area contributed by atoms with Crippen molar-refractivity contribution in [3.63, 3.8) is 0 Å². The van der Waals surface area contributed by atoms with Crippen LogP contribution < -0.4 is 4.74 Å². The van der Waals surface area contributed by atoms with Gasteiger partial charge in [0.2, 0.25) is 0 Å². The monoisotopic (exact) mass is 424 g/mol. The number of hydrogen-bond donors (Lipinski definition) is 3. The van der Waals surface area contributed by atoms with E-state index in [4.69, 9.17) is 4.74 Å². The predicted octanol–water partition coefficient (Wildman–Crippen LogP) is 3.09. The topological polar surface area (TPSA) is 87.7 Å². The molecule has 3 rings (SSSR count). The van der Waals surface area contributed by atoms with Crippen molar-refractivity contribution in [2.24, 2.45) is 0 Å². The smallest absolute Gasteiger partial charge is 0.138 e. The number of aliphatic hydroxyl groups is 3. The Morgan fingerprint density at radius 3 is 2.48 bits per heavy atom. The van der Waals surface area contributed by atoms with Crippen LogP contribution in [0.5, 0.6) is 5.75 Å². The molecule has 1 heterocycles. The number of ether oxygens (including phenoxy) is 1. The third-order valence-corrected chi connectivity index (χ3v) is 4.59. The van der Waals surface area contributed by atoms with Gasteiger partial charge in [-0.25, -0.2) is 9.37 Å². The normalized spacial score (nSPS) is 13.7. The summed E-state index contributed by atoms with van der Waals surface area (Å²) < 4.78 is 21.5. The van der Waals surface area contributed by atoms with E-state index in [0.29, 0.717) is 28.3 Å². The van der Waals surface area contributed by atoms with E-state index in [9.17, 15) is 19.7 Å². The molecule has 1 aromatic heterocycles. The van der Waals surface area contributed by atoms with E-state index in [1.54, 1.807) is 67.2 Å². The van der Waals surface area contributed by atoms with E-state index in [-0.39, 0.29) is 13.2 Å². The zero-order valence-corrected chi connectivity index (χ0v) is 17.4. The highest BCUT2D eigenvalue weighted by Crippen LogP contribution is 2.26. The molecule has 31 heavy (non-hydrogen) atoms. The molecule has 0 radical (unpaired) electrons. The Labute approximate surface area is 180 Å². The average molecular weight is 424 g/mol. The van der Waals surface area contributed by atoms with Crippen LogP contribution in [-0.4, -0.2) is 44.2 Å². The van der Waals surface area contributed by atoms with E-state index < -0.39 is 24.1 Å². The van der Waals surface area contributed by atoms with Crippen LogP contribution >= 0.6 is 0 Å². The maximum absolute atomic E-state index is 14.5. The van der Waals surface area contributed by atoms with Crippen molar-refractivity contribution < 1.29 is 24.4 Å². The Morgan fingerprint density at radius 2 is 1.87 bits per heavy atom. The van der Waals surface area contributed by atoms with Crippen LogP contribution in [0.3, 0.4) is 0 Å². The van der Waals surface area contributed by atoms with E-state index in [2.05, 4.69) is 16.8 Å². The van der Waals surface area contributed by atoms with Gasteiger partial charge in [0, 0.05) is 29.6 Å². The second-order valence-electron chi connectivity index (χ2n) is 7.22. The highest BCUT2D eigenvalue weighted by atomic mass is 19.1. The van der Waals surface area contributed by atoms with Crippen molar-refractivity contribution in [1.29, 1.82) is 0 Å². The van der Waals surface area contributed by atoms with Crippen LogP contribution in [0.2, 0.25) is 0 Å². The molecule has 0 bridgehead atoms. The lowest BCUT2D eigenvalue weighted by Crippen LogP contribution is -2.15. The van der Waals surface area contributed by atoms with E-state index in [1.165, 1.54) is 6.07 Å². The second-order valence-corrected chi connectivity index (χ2v) is 7.22. The molecule has 0 saturated heterocycles. The molecular formula is C24H25FN2O4. The molecule has 2 aromatic carbocycles. The minimum atomic E-state index is -0.774. The molecule has 0 aliphatic carbocycles. The number of benzene rings is 2. The lowest BCUT2D eigenvalue weighted by atomic mass is 10.0. The maximum atomic E-state index is 14.5. The molecule has 0 saturated carbocycles. The van der Waals surface area contributed by atoms with Crippen LogP contribution in [0, 0.1) is 17.7 Å². The van der Waals surface area contributed by atoms with Gasteiger partial charge in [0.05, 0.1) is 12.7 Å². The van der Waals surface area contributed by atoms with Crippen molar-refractivity contribution in [2.45, 2.75) is 32.1 Å². The Bertz CT molecular complexity index is 1070. The summed E-state index contributed by atoms with van der Waals surface area (Å²) >= 11 is 0. The maximum Gasteiger partial charge on any atom is 0.138 e. The van der Waals surface area contributed by atoms with E-state index >= 15 is 0 Å². The molecule has 0 amide bonds. The lowest BCUT2D eigenvalue weighted by molar-refractivity contribution is 0.122. The quantitative estimate of drug-likeness (QED) is 0.508. The van der Waals surface area contributed by atoms with E-state index in [0.717, 1.165) is 0 Å². The van der Waals surface area contributed by atoms with Crippen LogP contribution in [-0.2, 0) is 0 Å². The number of hydrogen-bond acceptors (Lipinski definition) is 5. The SMILES string of the molecule is C[C@H](O)COc1ccc(-c2ccc(C#C[C@@H](CO)n3ccnc3[C@H](C)O)cc2)c(F)c1. The first-order valence-electron chi connectivity index (χ1n) is 9.93. The fourth-order valence-electron chi connectivity index (χ4n) is 3.05. The summed E-state index contributed by atoms with van der Waals surface area (Å²) in [6.45, 7) is 3.07. The van der Waals surface area contributed by atoms with Gasteiger partial charge in [0.1, 0.15) is 36.1 Å². The largest absolute Gasteiger partial charge is 0.491 e. The van der Waals surface area contributed by atoms with Gasteiger partial charge in [-0.15, -0.1) is 0 Å². The predicted molar refractivity (Wildman–Crippen MR) is 115 cm³/mol. The molecule has 162 valence electrons. The van der Waals surface area contributed by atoms with Gasteiger partial charge in [0.25, 0.3) is 0 Å². The van der Waals surface area contributed by atoms with Gasteiger partial charge in [-0.05, 0) is 43.7 Å².